The average molecular weight is 509 g/mol. The lowest BCUT2D eigenvalue weighted by Crippen LogP contribution is -2.43. The molecule has 0 saturated carbocycles. The molecule has 3 aromatic rings. The molecular formula is C27H36N6O4. The number of nitrogens with one attached hydrogen (secondary N) is 2. The first kappa shape index (κ1) is 26.4. The topological polar surface area (TPSA) is 122 Å². The van der Waals surface area contributed by atoms with Crippen molar-refractivity contribution in [3.8, 4) is 11.3 Å². The van der Waals surface area contributed by atoms with E-state index in [-0.39, 0.29) is 19.0 Å². The molecule has 3 heterocycles. The molecular weight excluding hydrogens is 472 g/mol. The van der Waals surface area contributed by atoms with Crippen molar-refractivity contribution in [3.63, 3.8) is 0 Å². The van der Waals surface area contributed by atoms with Crippen LogP contribution in [0.3, 0.4) is 0 Å². The first-order valence-electron chi connectivity index (χ1n) is 12.6. The Kier molecular flexibility index (Phi) is 7.68. The van der Waals surface area contributed by atoms with Crippen molar-refractivity contribution in [1.29, 1.82) is 0 Å². The molecule has 2 aromatic heterocycles. The summed E-state index contributed by atoms with van der Waals surface area (Å²) in [6.45, 7) is 6.42. The number of ether oxygens (including phenoxy) is 1. The summed E-state index contributed by atoms with van der Waals surface area (Å²) in [5.74, 6) is -0.429. The highest BCUT2D eigenvalue weighted by atomic mass is 16.6. The van der Waals surface area contributed by atoms with Crippen LogP contribution in [0.1, 0.15) is 39.3 Å². The molecule has 2 atom stereocenters. The first-order valence-corrected chi connectivity index (χ1v) is 12.6. The largest absolute Gasteiger partial charge is 0.480 e. The van der Waals surface area contributed by atoms with Crippen molar-refractivity contribution >= 4 is 28.8 Å². The van der Waals surface area contributed by atoms with E-state index in [9.17, 15) is 14.7 Å². The molecule has 3 N–H and O–H groups in total. The lowest BCUT2D eigenvalue weighted by molar-refractivity contribution is -0.142. The molecule has 4 rings (SSSR count). The molecule has 0 radical (unpaired) electrons. The zero-order valence-corrected chi connectivity index (χ0v) is 22.1. The van der Waals surface area contributed by atoms with E-state index >= 15 is 0 Å². The molecule has 1 saturated heterocycles. The minimum Gasteiger partial charge on any atom is -0.480 e. The molecule has 10 nitrogen and oxygen atoms in total. The van der Waals surface area contributed by atoms with Crippen molar-refractivity contribution in [1.82, 2.24) is 25.0 Å². The standard InChI is InChI=1S/C27H36N6O4/c1-27(2,3)37-26(36)33-16-17(15-22(33)25(34)35)29-23-13-7-10-19(30-23)18-9-6-11-20-24(18)21(32(5)31-20)12-8-14-28-4/h6-7,9-11,13,17,22,28H,8,12,14-16H2,1-5H3,(H,29,30)(H,34,35)/t17-,22-/m0/s1. The van der Waals surface area contributed by atoms with E-state index in [1.165, 1.54) is 4.90 Å². The first-order chi connectivity index (χ1) is 17.6. The Hall–Kier alpha value is -3.66. The Morgan fingerprint density at radius 1 is 1.19 bits per heavy atom. The maximum absolute atomic E-state index is 12.7. The number of aryl methyl sites for hydroxylation is 2. The number of aromatic nitrogens is 3. The van der Waals surface area contributed by atoms with Crippen LogP contribution in [0.5, 0.6) is 0 Å². The average Bonchev–Trinajstić information content (AvgIpc) is 3.39. The van der Waals surface area contributed by atoms with E-state index in [0.717, 1.165) is 47.2 Å². The Bertz CT molecular complexity index is 1280. The highest BCUT2D eigenvalue weighted by molar-refractivity contribution is 5.96. The van der Waals surface area contributed by atoms with Gasteiger partial charge in [-0.25, -0.2) is 14.6 Å². The van der Waals surface area contributed by atoms with Crippen LogP contribution in [-0.4, -0.2) is 74.7 Å². The van der Waals surface area contributed by atoms with Crippen molar-refractivity contribution in [3.05, 3.63) is 42.1 Å². The van der Waals surface area contributed by atoms with Gasteiger partial charge in [0.1, 0.15) is 17.5 Å². The summed E-state index contributed by atoms with van der Waals surface area (Å²) in [5.41, 5.74) is 3.18. The van der Waals surface area contributed by atoms with Crippen molar-refractivity contribution in [2.24, 2.45) is 7.05 Å². The summed E-state index contributed by atoms with van der Waals surface area (Å²) >= 11 is 0. The van der Waals surface area contributed by atoms with Gasteiger partial charge in [0.2, 0.25) is 0 Å². The normalized spacial score (nSPS) is 17.8. The summed E-state index contributed by atoms with van der Waals surface area (Å²) in [5, 5.41) is 22.0. The fourth-order valence-corrected chi connectivity index (χ4v) is 4.81. The number of hydrogen-bond donors (Lipinski definition) is 3. The highest BCUT2D eigenvalue weighted by Crippen LogP contribution is 2.32. The number of likely N-dealkylation sites (tertiary alicyclic amines) is 1. The minimum absolute atomic E-state index is 0.214. The van der Waals surface area contributed by atoms with E-state index < -0.39 is 23.7 Å². The monoisotopic (exact) mass is 508 g/mol. The Balaban J connectivity index is 1.58. The zero-order valence-electron chi connectivity index (χ0n) is 22.1. The summed E-state index contributed by atoms with van der Waals surface area (Å²) in [7, 11) is 3.92. The molecule has 0 spiro atoms. The van der Waals surface area contributed by atoms with E-state index in [4.69, 9.17) is 14.8 Å². The molecule has 10 heteroatoms. The van der Waals surface area contributed by atoms with E-state index in [1.807, 2.05) is 49.1 Å². The fourth-order valence-electron chi connectivity index (χ4n) is 4.81. The van der Waals surface area contributed by atoms with E-state index in [1.54, 1.807) is 20.8 Å². The van der Waals surface area contributed by atoms with Crippen LogP contribution in [-0.2, 0) is 23.0 Å². The second-order valence-corrected chi connectivity index (χ2v) is 10.4. The van der Waals surface area contributed by atoms with Gasteiger partial charge in [-0.1, -0.05) is 18.2 Å². The molecule has 1 amide bonds. The number of hydrogen-bond acceptors (Lipinski definition) is 7. The highest BCUT2D eigenvalue weighted by Gasteiger charge is 2.41. The molecule has 0 bridgehead atoms. The maximum atomic E-state index is 12.7. The zero-order chi connectivity index (χ0) is 26.7. The second-order valence-electron chi connectivity index (χ2n) is 10.4. The third-order valence-corrected chi connectivity index (χ3v) is 6.41. The third-order valence-electron chi connectivity index (χ3n) is 6.41. The maximum Gasteiger partial charge on any atom is 0.411 e. The summed E-state index contributed by atoms with van der Waals surface area (Å²) in [6, 6.07) is 10.6. The lowest BCUT2D eigenvalue weighted by atomic mass is 10.0. The molecule has 37 heavy (non-hydrogen) atoms. The number of benzene rings is 1. The number of rotatable bonds is 8. The van der Waals surface area contributed by atoms with Crippen LogP contribution in [0.4, 0.5) is 10.6 Å². The number of carbonyl (C=O) groups is 2. The predicted octanol–water partition coefficient (Wildman–Crippen LogP) is 3.66. The number of fused-ring (bicyclic) bond motifs is 1. The Morgan fingerprint density at radius 3 is 2.65 bits per heavy atom. The Morgan fingerprint density at radius 2 is 1.95 bits per heavy atom. The molecule has 0 unspecified atom stereocenters. The van der Waals surface area contributed by atoms with Gasteiger partial charge in [0.15, 0.2) is 0 Å². The van der Waals surface area contributed by atoms with Gasteiger partial charge in [-0.2, -0.15) is 5.10 Å². The predicted molar refractivity (Wildman–Crippen MR) is 143 cm³/mol. The van der Waals surface area contributed by atoms with E-state index in [2.05, 4.69) is 16.7 Å². The molecule has 0 aliphatic carbocycles. The minimum atomic E-state index is -1.05. The summed E-state index contributed by atoms with van der Waals surface area (Å²) in [6.07, 6.45) is 1.52. The van der Waals surface area contributed by atoms with Gasteiger partial charge in [0.05, 0.1) is 11.2 Å². The Labute approximate surface area is 217 Å². The second kappa shape index (κ2) is 10.8. The van der Waals surface area contributed by atoms with Crippen molar-refractivity contribution in [2.75, 3.05) is 25.5 Å². The molecule has 1 aromatic carbocycles. The smallest absolute Gasteiger partial charge is 0.411 e. The van der Waals surface area contributed by atoms with E-state index in [0.29, 0.717) is 5.82 Å². The van der Waals surface area contributed by atoms with Crippen molar-refractivity contribution < 1.29 is 19.4 Å². The SMILES string of the molecule is CNCCCc1c2c(-c3cccc(N[C@H]4C[C@@H](C(=O)O)N(C(=O)OC(C)(C)C)C4)n3)cccc2nn1C. The van der Waals surface area contributed by atoms with Gasteiger partial charge in [0, 0.05) is 42.7 Å². The van der Waals surface area contributed by atoms with Gasteiger partial charge in [-0.05, 0) is 65.4 Å². The molecule has 198 valence electrons. The van der Waals surface area contributed by atoms with Gasteiger partial charge in [-0.3, -0.25) is 9.58 Å². The molecule has 1 aliphatic rings. The number of pyridine rings is 1. The fraction of sp³-hybridized carbons (Fsp3) is 0.481. The van der Waals surface area contributed by atoms with Crippen LogP contribution < -0.4 is 10.6 Å². The van der Waals surface area contributed by atoms with Gasteiger partial charge >= 0.3 is 12.1 Å². The van der Waals surface area contributed by atoms with Crippen LogP contribution in [0.25, 0.3) is 22.2 Å². The number of carbonyl (C=O) groups excluding carboxylic acids is 1. The van der Waals surface area contributed by atoms with Crippen LogP contribution >= 0.6 is 0 Å². The third kappa shape index (κ3) is 6.02. The van der Waals surface area contributed by atoms with Gasteiger partial charge in [0.25, 0.3) is 0 Å². The number of carboxylic acid groups (broad SMARTS) is 1. The van der Waals surface area contributed by atoms with Crippen LogP contribution in [0, 0.1) is 0 Å². The molecule has 1 fully saturated rings. The lowest BCUT2D eigenvalue weighted by Gasteiger charge is -2.26. The number of carboxylic acids is 1. The summed E-state index contributed by atoms with van der Waals surface area (Å²) < 4.78 is 7.38. The van der Waals surface area contributed by atoms with Gasteiger partial charge in [-0.15, -0.1) is 0 Å². The van der Waals surface area contributed by atoms with Crippen molar-refractivity contribution in [2.45, 2.75) is 57.7 Å². The van der Waals surface area contributed by atoms with Gasteiger partial charge < -0.3 is 20.5 Å². The summed E-state index contributed by atoms with van der Waals surface area (Å²) in [4.78, 5) is 30.7. The van der Waals surface area contributed by atoms with Crippen LogP contribution in [0.15, 0.2) is 36.4 Å². The number of amides is 1. The number of anilines is 1. The number of aliphatic carboxylic acids is 1. The number of nitrogens with zero attached hydrogens (tertiary/aromatic N) is 4. The molecule has 1 aliphatic heterocycles. The van der Waals surface area contributed by atoms with Crippen LogP contribution in [0.2, 0.25) is 0 Å². The quantitative estimate of drug-likeness (QED) is 0.394.